The van der Waals surface area contributed by atoms with Gasteiger partial charge in [0.05, 0.1) is 5.92 Å². The normalized spacial score (nSPS) is 22.5. The maximum absolute atomic E-state index is 12.1. The summed E-state index contributed by atoms with van der Waals surface area (Å²) in [6.45, 7) is 14.3. The minimum absolute atomic E-state index is 0.173. The zero-order valence-electron chi connectivity index (χ0n) is 12.3. The van der Waals surface area contributed by atoms with Crippen LogP contribution in [0.25, 0.3) is 5.57 Å². The number of rotatable bonds is 2. The molecule has 1 aliphatic rings. The predicted octanol–water partition coefficient (Wildman–Crippen LogP) is 4.90. The second-order valence-electron chi connectivity index (χ2n) is 4.96. The van der Waals surface area contributed by atoms with Crippen molar-refractivity contribution in [3.8, 4) is 0 Å². The number of carbonyl (C=O) groups excluding carboxylic acids is 1. The molecule has 2 atom stereocenters. The summed E-state index contributed by atoms with van der Waals surface area (Å²) < 4.78 is 0. The number of Topliss-reactive ketones (excluding diaryl/α,β-unsaturated/α-hetero) is 1. The van der Waals surface area contributed by atoms with Crippen molar-refractivity contribution >= 4 is 11.4 Å². The van der Waals surface area contributed by atoms with Crippen LogP contribution < -0.4 is 0 Å². The molecule has 1 aliphatic carbocycles. The van der Waals surface area contributed by atoms with Crippen LogP contribution in [0.4, 0.5) is 0 Å². The van der Waals surface area contributed by atoms with Crippen molar-refractivity contribution in [1.29, 1.82) is 0 Å². The number of benzene rings is 1. The minimum atomic E-state index is -0.173. The molecule has 0 saturated heterocycles. The van der Waals surface area contributed by atoms with Crippen LogP contribution in [0.2, 0.25) is 0 Å². The second kappa shape index (κ2) is 7.08. The fourth-order valence-corrected chi connectivity index (χ4v) is 2.59. The largest absolute Gasteiger partial charge is 0.299 e. The molecule has 1 saturated carbocycles. The summed E-state index contributed by atoms with van der Waals surface area (Å²) >= 11 is 0. The van der Waals surface area contributed by atoms with Crippen molar-refractivity contribution in [1.82, 2.24) is 0 Å². The van der Waals surface area contributed by atoms with E-state index in [1.54, 1.807) is 0 Å². The molecule has 102 valence electrons. The Hall–Kier alpha value is -1.63. The average Bonchev–Trinajstić information content (AvgIpc) is 2.40. The summed E-state index contributed by atoms with van der Waals surface area (Å²) in [5.74, 6) is 0.519. The molecule has 1 aromatic carbocycles. The van der Waals surface area contributed by atoms with Crippen LogP contribution in [0.5, 0.6) is 0 Å². The van der Waals surface area contributed by atoms with Crippen molar-refractivity contribution < 1.29 is 4.79 Å². The Balaban J connectivity index is 0.000000861. The molecule has 2 rings (SSSR count). The van der Waals surface area contributed by atoms with Crippen molar-refractivity contribution in [2.75, 3.05) is 0 Å². The number of carbonyl (C=O) groups is 1. The van der Waals surface area contributed by atoms with Gasteiger partial charge in [0.2, 0.25) is 0 Å². The first-order chi connectivity index (χ1) is 9.09. The van der Waals surface area contributed by atoms with Gasteiger partial charge in [-0.05, 0) is 23.5 Å². The van der Waals surface area contributed by atoms with Crippen LogP contribution in [-0.2, 0) is 4.79 Å². The summed E-state index contributed by atoms with van der Waals surface area (Å²) in [6.07, 6.45) is 1.58. The van der Waals surface area contributed by atoms with Crippen molar-refractivity contribution in [2.45, 2.75) is 33.6 Å². The van der Waals surface area contributed by atoms with Gasteiger partial charge >= 0.3 is 0 Å². The molecular formula is C18H24O. The van der Waals surface area contributed by atoms with Gasteiger partial charge in [-0.3, -0.25) is 4.79 Å². The zero-order valence-corrected chi connectivity index (χ0v) is 12.3. The molecule has 1 nitrogen and oxygen atoms in total. The number of allylic oxidation sites excluding steroid dienone is 2. The van der Waals surface area contributed by atoms with Gasteiger partial charge in [-0.15, -0.1) is 0 Å². The van der Waals surface area contributed by atoms with Gasteiger partial charge in [0.15, 0.2) is 0 Å². The third-order valence-electron chi connectivity index (χ3n) is 3.38. The van der Waals surface area contributed by atoms with Gasteiger partial charge in [0, 0.05) is 6.42 Å². The molecule has 2 unspecified atom stereocenters. The lowest BCUT2D eigenvalue weighted by Gasteiger charge is -2.29. The highest BCUT2D eigenvalue weighted by molar-refractivity contribution is 5.96. The lowest BCUT2D eigenvalue weighted by Crippen LogP contribution is -2.26. The lowest BCUT2D eigenvalue weighted by molar-refractivity contribution is -0.122. The van der Waals surface area contributed by atoms with E-state index < -0.39 is 0 Å². The molecule has 0 spiro atoms. The van der Waals surface area contributed by atoms with Crippen LogP contribution in [0, 0.1) is 11.8 Å². The van der Waals surface area contributed by atoms with Crippen LogP contribution in [0.1, 0.15) is 39.2 Å². The highest BCUT2D eigenvalue weighted by Gasteiger charge is 2.31. The maximum atomic E-state index is 12.1. The fourth-order valence-electron chi connectivity index (χ4n) is 2.59. The molecule has 0 bridgehead atoms. The Morgan fingerprint density at radius 2 is 1.74 bits per heavy atom. The molecule has 0 radical (unpaired) electrons. The number of hydrogen-bond donors (Lipinski definition) is 0. The van der Waals surface area contributed by atoms with Crippen molar-refractivity contribution in [2.24, 2.45) is 11.8 Å². The summed E-state index contributed by atoms with van der Waals surface area (Å²) in [4.78, 5) is 12.1. The minimum Gasteiger partial charge on any atom is -0.299 e. The quantitative estimate of drug-likeness (QED) is 0.688. The van der Waals surface area contributed by atoms with Gasteiger partial charge in [-0.1, -0.05) is 69.8 Å². The van der Waals surface area contributed by atoms with Gasteiger partial charge in [-0.2, -0.15) is 0 Å². The van der Waals surface area contributed by atoms with Crippen molar-refractivity contribution in [3.63, 3.8) is 0 Å². The van der Waals surface area contributed by atoms with Gasteiger partial charge in [0.25, 0.3) is 0 Å². The first kappa shape index (κ1) is 15.4. The third-order valence-corrected chi connectivity index (χ3v) is 3.38. The summed E-state index contributed by atoms with van der Waals surface area (Å²) in [5.41, 5.74) is 2.96. The molecule has 0 amide bonds. The average molecular weight is 256 g/mol. The van der Waals surface area contributed by atoms with E-state index in [-0.39, 0.29) is 11.7 Å². The summed E-state index contributed by atoms with van der Waals surface area (Å²) in [5, 5.41) is 0. The molecule has 1 aromatic rings. The first-order valence-corrected chi connectivity index (χ1v) is 7.04. The van der Waals surface area contributed by atoms with Gasteiger partial charge in [-0.25, -0.2) is 0 Å². The van der Waals surface area contributed by atoms with E-state index in [2.05, 4.69) is 20.1 Å². The standard InChI is InChI=1S/C16H18O.C2H6/c1-11-9-12(2)16(15(17)10-11)13(3)14-7-5-4-6-8-14;1-2/h4-8,11,16H,2-3,9-10H2,1H3;1-2H3. The van der Waals surface area contributed by atoms with E-state index in [4.69, 9.17) is 0 Å². The monoisotopic (exact) mass is 256 g/mol. The molecule has 0 aliphatic heterocycles. The van der Waals surface area contributed by atoms with Crippen LogP contribution in [0.15, 0.2) is 49.1 Å². The van der Waals surface area contributed by atoms with E-state index in [1.165, 1.54) is 0 Å². The van der Waals surface area contributed by atoms with Crippen LogP contribution in [-0.4, -0.2) is 5.78 Å². The molecule has 19 heavy (non-hydrogen) atoms. The Labute approximate surface area is 117 Å². The smallest absolute Gasteiger partial charge is 0.144 e. The molecule has 1 heteroatoms. The molecule has 0 N–H and O–H groups in total. The van der Waals surface area contributed by atoms with Gasteiger partial charge in [0.1, 0.15) is 5.78 Å². The number of hydrogen-bond acceptors (Lipinski definition) is 1. The van der Waals surface area contributed by atoms with Gasteiger partial charge < -0.3 is 0 Å². The lowest BCUT2D eigenvalue weighted by atomic mass is 9.74. The highest BCUT2D eigenvalue weighted by atomic mass is 16.1. The predicted molar refractivity (Wildman–Crippen MR) is 82.9 cm³/mol. The Bertz CT molecular complexity index is 438. The fraction of sp³-hybridized carbons (Fsp3) is 0.389. The molecule has 1 fully saturated rings. The highest BCUT2D eigenvalue weighted by Crippen LogP contribution is 2.37. The summed E-state index contributed by atoms with van der Waals surface area (Å²) in [6, 6.07) is 9.91. The molecule has 0 aromatic heterocycles. The molecular weight excluding hydrogens is 232 g/mol. The van der Waals surface area contributed by atoms with E-state index in [1.807, 2.05) is 44.2 Å². The van der Waals surface area contributed by atoms with E-state index >= 15 is 0 Å². The third kappa shape index (κ3) is 3.66. The Kier molecular flexibility index (Phi) is 5.75. The Morgan fingerprint density at radius 1 is 1.16 bits per heavy atom. The van der Waals surface area contributed by atoms with Crippen LogP contribution in [0.3, 0.4) is 0 Å². The summed E-state index contributed by atoms with van der Waals surface area (Å²) in [7, 11) is 0. The van der Waals surface area contributed by atoms with Crippen molar-refractivity contribution in [3.05, 3.63) is 54.6 Å². The van der Waals surface area contributed by atoms with E-state index in [9.17, 15) is 4.79 Å². The SMILES string of the molecule is C=C1CC(C)CC(=O)C1C(=C)c1ccccc1.CC. The Morgan fingerprint density at radius 3 is 2.26 bits per heavy atom. The van der Waals surface area contributed by atoms with E-state index in [0.717, 1.165) is 23.1 Å². The maximum Gasteiger partial charge on any atom is 0.144 e. The molecule has 0 heterocycles. The second-order valence-corrected chi connectivity index (χ2v) is 4.96. The van der Waals surface area contributed by atoms with Crippen LogP contribution >= 0.6 is 0 Å². The van der Waals surface area contributed by atoms with E-state index in [0.29, 0.717) is 12.3 Å². The first-order valence-electron chi connectivity index (χ1n) is 7.04. The zero-order chi connectivity index (χ0) is 14.4. The number of ketones is 1. The topological polar surface area (TPSA) is 17.1 Å².